The minimum absolute atomic E-state index is 0.0363. The molecule has 0 atom stereocenters. The fourth-order valence-electron chi connectivity index (χ4n) is 2.85. The average Bonchev–Trinajstić information content (AvgIpc) is 2.76. The number of aryl methyl sites for hydroxylation is 1. The Morgan fingerprint density at radius 1 is 1.07 bits per heavy atom. The molecule has 0 aliphatic carbocycles. The van der Waals surface area contributed by atoms with E-state index in [4.69, 9.17) is 9.47 Å². The Bertz CT molecular complexity index is 1090. The third-order valence-electron chi connectivity index (χ3n) is 4.49. The van der Waals surface area contributed by atoms with Crippen molar-refractivity contribution in [3.63, 3.8) is 0 Å². The number of hydrogen-bond acceptors (Lipinski definition) is 5. The lowest BCUT2D eigenvalue weighted by Gasteiger charge is -2.11. The molecule has 0 aliphatic rings. The topological polar surface area (TPSA) is 78.7 Å². The van der Waals surface area contributed by atoms with E-state index in [2.05, 4.69) is 0 Å². The number of benzene rings is 3. The molecule has 152 valence electrons. The maximum absolute atomic E-state index is 12.3. The van der Waals surface area contributed by atoms with E-state index < -0.39 is 4.92 Å². The van der Waals surface area contributed by atoms with E-state index in [0.29, 0.717) is 17.1 Å². The van der Waals surface area contributed by atoms with Crippen LogP contribution in [0.25, 0.3) is 6.08 Å². The summed E-state index contributed by atoms with van der Waals surface area (Å²) in [7, 11) is 1.56. The van der Waals surface area contributed by atoms with Gasteiger partial charge in [-0.2, -0.15) is 0 Å². The Labute approximate surface area is 174 Å². The van der Waals surface area contributed by atoms with Crippen LogP contribution in [0.3, 0.4) is 0 Å². The highest BCUT2D eigenvalue weighted by Crippen LogP contribution is 2.25. The maximum Gasteiger partial charge on any atom is 0.273 e. The molecule has 3 rings (SSSR count). The largest absolute Gasteiger partial charge is 0.496 e. The van der Waals surface area contributed by atoms with Crippen LogP contribution < -0.4 is 9.47 Å². The summed E-state index contributed by atoms with van der Waals surface area (Å²) in [5.74, 6) is 0.935. The summed E-state index contributed by atoms with van der Waals surface area (Å²) < 4.78 is 11.1. The third-order valence-corrected chi connectivity index (χ3v) is 4.49. The molecule has 0 saturated carbocycles. The minimum Gasteiger partial charge on any atom is -0.496 e. The van der Waals surface area contributed by atoms with Gasteiger partial charge < -0.3 is 9.47 Å². The number of methoxy groups -OCH3 is 1. The van der Waals surface area contributed by atoms with Crippen molar-refractivity contribution in [1.82, 2.24) is 0 Å². The number of carbonyl (C=O) groups is 1. The van der Waals surface area contributed by atoms with Gasteiger partial charge in [-0.15, -0.1) is 0 Å². The summed E-state index contributed by atoms with van der Waals surface area (Å²) in [5.41, 5.74) is 3.26. The molecule has 0 fully saturated rings. The van der Waals surface area contributed by atoms with Crippen molar-refractivity contribution in [2.45, 2.75) is 13.5 Å². The van der Waals surface area contributed by atoms with E-state index in [9.17, 15) is 14.9 Å². The van der Waals surface area contributed by atoms with Gasteiger partial charge in [-0.05, 0) is 36.8 Å². The van der Waals surface area contributed by atoms with Gasteiger partial charge in [-0.1, -0.05) is 48.0 Å². The SMILES string of the molecule is COc1ccc(/C=C/C(=O)c2ccc(C)cc2)cc1COc1cccc([N+](=O)[O-])c1. The molecule has 0 N–H and O–H groups in total. The first-order chi connectivity index (χ1) is 14.5. The summed E-state index contributed by atoms with van der Waals surface area (Å²) in [6.45, 7) is 2.14. The van der Waals surface area contributed by atoms with Crippen molar-refractivity contribution >= 4 is 17.5 Å². The van der Waals surface area contributed by atoms with Crippen LogP contribution in [0.1, 0.15) is 27.0 Å². The summed E-state index contributed by atoms with van der Waals surface area (Å²) in [6.07, 6.45) is 3.26. The van der Waals surface area contributed by atoms with Gasteiger partial charge in [0.25, 0.3) is 5.69 Å². The zero-order valence-corrected chi connectivity index (χ0v) is 16.7. The van der Waals surface area contributed by atoms with Crippen LogP contribution in [-0.4, -0.2) is 17.8 Å². The van der Waals surface area contributed by atoms with Gasteiger partial charge in [0.2, 0.25) is 0 Å². The van der Waals surface area contributed by atoms with Gasteiger partial charge >= 0.3 is 0 Å². The number of nitro groups is 1. The number of nitro benzene ring substituents is 1. The highest BCUT2D eigenvalue weighted by molar-refractivity contribution is 6.06. The first kappa shape index (κ1) is 20.8. The smallest absolute Gasteiger partial charge is 0.273 e. The first-order valence-electron chi connectivity index (χ1n) is 9.29. The Balaban J connectivity index is 1.74. The molecule has 0 unspecified atom stereocenters. The number of ketones is 1. The minimum atomic E-state index is -0.468. The van der Waals surface area contributed by atoms with E-state index in [1.54, 1.807) is 43.5 Å². The van der Waals surface area contributed by atoms with Crippen LogP contribution in [0.5, 0.6) is 11.5 Å². The van der Waals surface area contributed by atoms with E-state index in [1.807, 2.05) is 31.2 Å². The lowest BCUT2D eigenvalue weighted by molar-refractivity contribution is -0.384. The predicted octanol–water partition coefficient (Wildman–Crippen LogP) is 5.39. The highest BCUT2D eigenvalue weighted by Gasteiger charge is 2.09. The van der Waals surface area contributed by atoms with Gasteiger partial charge in [0.15, 0.2) is 5.78 Å². The molecular weight excluding hydrogens is 382 g/mol. The molecule has 3 aromatic rings. The van der Waals surface area contributed by atoms with Crippen molar-refractivity contribution < 1.29 is 19.2 Å². The Morgan fingerprint density at radius 3 is 2.53 bits per heavy atom. The first-order valence-corrected chi connectivity index (χ1v) is 9.29. The number of allylic oxidation sites excluding steroid dienone is 1. The normalized spacial score (nSPS) is 10.7. The van der Waals surface area contributed by atoms with Crippen molar-refractivity contribution in [3.05, 3.63) is 105 Å². The van der Waals surface area contributed by atoms with E-state index in [0.717, 1.165) is 16.7 Å². The second-order valence-corrected chi connectivity index (χ2v) is 6.68. The van der Waals surface area contributed by atoms with E-state index in [-0.39, 0.29) is 18.1 Å². The number of ether oxygens (including phenoxy) is 2. The Hall–Kier alpha value is -3.93. The summed E-state index contributed by atoms with van der Waals surface area (Å²) in [5, 5.41) is 10.9. The van der Waals surface area contributed by atoms with Crippen LogP contribution in [0.15, 0.2) is 72.8 Å². The van der Waals surface area contributed by atoms with Crippen LogP contribution in [-0.2, 0) is 6.61 Å². The molecule has 0 radical (unpaired) electrons. The summed E-state index contributed by atoms with van der Waals surface area (Å²) in [4.78, 5) is 22.8. The van der Waals surface area contributed by atoms with Crippen molar-refractivity contribution in [1.29, 1.82) is 0 Å². The molecule has 3 aromatic carbocycles. The zero-order chi connectivity index (χ0) is 21.5. The Morgan fingerprint density at radius 2 is 1.83 bits per heavy atom. The van der Waals surface area contributed by atoms with E-state index in [1.165, 1.54) is 18.2 Å². The summed E-state index contributed by atoms with van der Waals surface area (Å²) >= 11 is 0. The second-order valence-electron chi connectivity index (χ2n) is 6.68. The molecule has 30 heavy (non-hydrogen) atoms. The van der Waals surface area contributed by atoms with Gasteiger partial charge in [-0.25, -0.2) is 0 Å². The molecule has 0 heterocycles. The van der Waals surface area contributed by atoms with Crippen LogP contribution >= 0.6 is 0 Å². The number of nitrogens with zero attached hydrogens (tertiary/aromatic N) is 1. The van der Waals surface area contributed by atoms with Crippen LogP contribution in [0, 0.1) is 17.0 Å². The standard InChI is InChI=1S/C24H21NO5/c1-17-6-10-19(11-7-17)23(26)12-8-18-9-13-24(29-2)20(14-18)16-30-22-5-3-4-21(15-22)25(27)28/h3-15H,16H2,1-2H3/b12-8+. The number of non-ortho nitro benzene ring substituents is 1. The van der Waals surface area contributed by atoms with Gasteiger partial charge in [0.1, 0.15) is 18.1 Å². The molecule has 0 spiro atoms. The lowest BCUT2D eigenvalue weighted by Crippen LogP contribution is -2.00. The molecule has 0 aromatic heterocycles. The molecule has 0 bridgehead atoms. The highest BCUT2D eigenvalue weighted by atomic mass is 16.6. The van der Waals surface area contributed by atoms with E-state index >= 15 is 0 Å². The second kappa shape index (κ2) is 9.52. The number of carbonyl (C=O) groups excluding carboxylic acids is 1. The summed E-state index contributed by atoms with van der Waals surface area (Å²) in [6, 6.07) is 18.9. The Kier molecular flexibility index (Phi) is 6.60. The van der Waals surface area contributed by atoms with Gasteiger partial charge in [0, 0.05) is 17.2 Å². The molecular formula is C24H21NO5. The van der Waals surface area contributed by atoms with Crippen molar-refractivity contribution in [3.8, 4) is 11.5 Å². The van der Waals surface area contributed by atoms with Crippen LogP contribution in [0.2, 0.25) is 0 Å². The molecule has 0 amide bonds. The van der Waals surface area contributed by atoms with Gasteiger partial charge in [0.05, 0.1) is 18.1 Å². The fraction of sp³-hybridized carbons (Fsp3) is 0.125. The molecule has 6 heteroatoms. The predicted molar refractivity (Wildman–Crippen MR) is 115 cm³/mol. The lowest BCUT2D eigenvalue weighted by atomic mass is 10.1. The molecule has 0 aliphatic heterocycles. The zero-order valence-electron chi connectivity index (χ0n) is 16.7. The van der Waals surface area contributed by atoms with Gasteiger partial charge in [-0.3, -0.25) is 14.9 Å². The fourth-order valence-corrected chi connectivity index (χ4v) is 2.85. The van der Waals surface area contributed by atoms with Crippen LogP contribution in [0.4, 0.5) is 5.69 Å². The third kappa shape index (κ3) is 5.32. The maximum atomic E-state index is 12.3. The number of rotatable bonds is 8. The van der Waals surface area contributed by atoms with Crippen molar-refractivity contribution in [2.24, 2.45) is 0 Å². The molecule has 0 saturated heterocycles. The monoisotopic (exact) mass is 403 g/mol. The quantitative estimate of drug-likeness (QED) is 0.218. The number of hydrogen-bond donors (Lipinski definition) is 0. The molecule has 6 nitrogen and oxygen atoms in total. The van der Waals surface area contributed by atoms with Crippen molar-refractivity contribution in [2.75, 3.05) is 7.11 Å². The average molecular weight is 403 g/mol.